The van der Waals surface area contributed by atoms with Crippen LogP contribution in [-0.4, -0.2) is 29.8 Å². The van der Waals surface area contributed by atoms with Crippen molar-refractivity contribution in [3.63, 3.8) is 0 Å². The molecule has 0 bridgehead atoms. The number of benzene rings is 3. The minimum absolute atomic E-state index is 0.0309. The molecule has 2 N–H and O–H groups in total. The molecule has 0 radical (unpaired) electrons. The maximum Gasteiger partial charge on any atom is 0.259 e. The number of rotatable bonds is 5. The van der Waals surface area contributed by atoms with Gasteiger partial charge >= 0.3 is 0 Å². The van der Waals surface area contributed by atoms with Crippen LogP contribution in [0.3, 0.4) is 0 Å². The zero-order chi connectivity index (χ0) is 23.5. The number of amides is 3. The van der Waals surface area contributed by atoms with E-state index >= 15 is 0 Å². The van der Waals surface area contributed by atoms with E-state index < -0.39 is 6.04 Å². The second-order valence-corrected chi connectivity index (χ2v) is 9.18. The normalized spacial score (nSPS) is 13.6. The first-order valence-electron chi connectivity index (χ1n) is 10.8. The van der Waals surface area contributed by atoms with E-state index in [0.29, 0.717) is 16.8 Å². The molecule has 0 unspecified atom stereocenters. The van der Waals surface area contributed by atoms with Gasteiger partial charge in [0.2, 0.25) is 5.91 Å². The third kappa shape index (κ3) is 4.78. The van der Waals surface area contributed by atoms with Gasteiger partial charge in [-0.3, -0.25) is 14.4 Å². The predicted molar refractivity (Wildman–Crippen MR) is 131 cm³/mol. The number of carbonyl (C=O) groups excluding carboxylic acids is 3. The highest BCUT2D eigenvalue weighted by Crippen LogP contribution is 2.43. The topological polar surface area (TPSA) is 78.5 Å². The smallest absolute Gasteiger partial charge is 0.259 e. The molecule has 7 heteroatoms. The summed E-state index contributed by atoms with van der Waals surface area (Å²) in [5.74, 6) is -0.672. The van der Waals surface area contributed by atoms with Gasteiger partial charge in [-0.05, 0) is 63.2 Å². The zero-order valence-electron chi connectivity index (χ0n) is 18.7. The highest BCUT2D eigenvalue weighted by atomic mass is 32.2. The number of nitrogens with one attached hydrogen (secondary N) is 2. The minimum Gasteiger partial charge on any atom is -0.341 e. The highest BCUT2D eigenvalue weighted by Gasteiger charge is 2.29. The van der Waals surface area contributed by atoms with E-state index in [1.165, 1.54) is 11.8 Å². The third-order valence-electron chi connectivity index (χ3n) is 5.34. The van der Waals surface area contributed by atoms with Crippen molar-refractivity contribution in [3.05, 3.63) is 83.9 Å². The molecule has 3 aromatic rings. The molecule has 0 aromatic heterocycles. The zero-order valence-corrected chi connectivity index (χ0v) is 19.5. The number of anilines is 2. The molecule has 1 atom stereocenters. The third-order valence-corrected chi connectivity index (χ3v) is 6.46. The Kier molecular flexibility index (Phi) is 6.51. The highest BCUT2D eigenvalue weighted by molar-refractivity contribution is 7.99. The Morgan fingerprint density at radius 2 is 1.58 bits per heavy atom. The molecule has 6 nitrogen and oxygen atoms in total. The Labute approximate surface area is 197 Å². The Morgan fingerprint density at radius 1 is 0.879 bits per heavy atom. The Balaban J connectivity index is 1.55. The largest absolute Gasteiger partial charge is 0.341 e. The monoisotopic (exact) mass is 459 g/mol. The lowest BCUT2D eigenvalue weighted by atomic mass is 10.1. The maximum atomic E-state index is 13.2. The van der Waals surface area contributed by atoms with E-state index in [9.17, 15) is 14.4 Å². The van der Waals surface area contributed by atoms with Crippen LogP contribution < -0.4 is 15.5 Å². The van der Waals surface area contributed by atoms with Gasteiger partial charge in [0, 0.05) is 27.1 Å². The molecule has 1 aliphatic rings. The van der Waals surface area contributed by atoms with Gasteiger partial charge in [0.25, 0.3) is 11.8 Å². The summed E-state index contributed by atoms with van der Waals surface area (Å²) in [5.41, 5.74) is 2.56. The molecule has 0 aliphatic carbocycles. The number of nitrogens with zero attached hydrogens (tertiary/aromatic N) is 1. The molecule has 0 spiro atoms. The lowest BCUT2D eigenvalue weighted by Gasteiger charge is -2.27. The van der Waals surface area contributed by atoms with E-state index in [-0.39, 0.29) is 23.8 Å². The molecule has 0 saturated heterocycles. The van der Waals surface area contributed by atoms with Crippen LogP contribution in [-0.2, 0) is 4.79 Å². The van der Waals surface area contributed by atoms with Gasteiger partial charge in [0.1, 0.15) is 6.04 Å². The lowest BCUT2D eigenvalue weighted by molar-refractivity contribution is -0.117. The first kappa shape index (κ1) is 22.6. The first-order chi connectivity index (χ1) is 15.8. The molecule has 3 amide bonds. The number of hydrogen-bond acceptors (Lipinski definition) is 4. The van der Waals surface area contributed by atoms with Crippen molar-refractivity contribution in [3.8, 4) is 0 Å². The number of hydrogen-bond donors (Lipinski definition) is 2. The van der Waals surface area contributed by atoms with Crippen LogP contribution in [0, 0.1) is 0 Å². The quantitative estimate of drug-likeness (QED) is 0.565. The van der Waals surface area contributed by atoms with Gasteiger partial charge in [-0.1, -0.05) is 42.1 Å². The van der Waals surface area contributed by atoms with Crippen molar-refractivity contribution in [2.45, 2.75) is 42.6 Å². The second-order valence-electron chi connectivity index (χ2n) is 8.10. The van der Waals surface area contributed by atoms with Gasteiger partial charge in [0.05, 0.1) is 11.3 Å². The summed E-state index contributed by atoms with van der Waals surface area (Å²) in [5, 5.41) is 5.60. The van der Waals surface area contributed by atoms with E-state index in [4.69, 9.17) is 0 Å². The Hall–Kier alpha value is -3.58. The molecule has 0 fully saturated rings. The molecule has 1 heterocycles. The molecular weight excluding hydrogens is 434 g/mol. The molecule has 1 aliphatic heterocycles. The molecule has 3 aromatic carbocycles. The summed E-state index contributed by atoms with van der Waals surface area (Å²) in [7, 11) is 0. The molecular formula is C26H25N3O3S. The van der Waals surface area contributed by atoms with Crippen molar-refractivity contribution in [1.29, 1.82) is 0 Å². The van der Waals surface area contributed by atoms with Crippen LogP contribution in [0.25, 0.3) is 0 Å². The van der Waals surface area contributed by atoms with Crippen LogP contribution in [0.2, 0.25) is 0 Å². The van der Waals surface area contributed by atoms with E-state index in [2.05, 4.69) is 10.6 Å². The minimum atomic E-state index is -0.723. The van der Waals surface area contributed by atoms with Gasteiger partial charge in [-0.2, -0.15) is 0 Å². The van der Waals surface area contributed by atoms with Crippen LogP contribution >= 0.6 is 11.8 Å². The maximum absolute atomic E-state index is 13.2. The fourth-order valence-corrected chi connectivity index (χ4v) is 4.77. The Morgan fingerprint density at radius 3 is 2.30 bits per heavy atom. The van der Waals surface area contributed by atoms with Crippen molar-refractivity contribution in [1.82, 2.24) is 5.32 Å². The van der Waals surface area contributed by atoms with Crippen LogP contribution in [0.4, 0.5) is 11.4 Å². The number of fused-ring (bicyclic) bond motifs is 2. The van der Waals surface area contributed by atoms with E-state index in [0.717, 1.165) is 15.5 Å². The first-order valence-corrected chi connectivity index (χ1v) is 11.6. The van der Waals surface area contributed by atoms with Crippen molar-refractivity contribution in [2.75, 3.05) is 10.2 Å². The summed E-state index contributed by atoms with van der Waals surface area (Å²) in [6.07, 6.45) is 0. The van der Waals surface area contributed by atoms with Crippen LogP contribution in [0.15, 0.2) is 82.6 Å². The fraction of sp³-hybridized carbons (Fsp3) is 0.192. The number of carbonyl (C=O) groups is 3. The average Bonchev–Trinajstić information content (AvgIpc) is 2.93. The van der Waals surface area contributed by atoms with Crippen LogP contribution in [0.5, 0.6) is 0 Å². The molecule has 4 rings (SSSR count). The van der Waals surface area contributed by atoms with Crippen LogP contribution in [0.1, 0.15) is 41.5 Å². The summed E-state index contributed by atoms with van der Waals surface area (Å²) >= 11 is 1.50. The molecule has 0 saturated carbocycles. The molecule has 33 heavy (non-hydrogen) atoms. The summed E-state index contributed by atoms with van der Waals surface area (Å²) in [6, 6.07) is 21.1. The summed E-state index contributed by atoms with van der Waals surface area (Å²) < 4.78 is 0. The van der Waals surface area contributed by atoms with Crippen molar-refractivity contribution in [2.24, 2.45) is 0 Å². The van der Waals surface area contributed by atoms with Gasteiger partial charge < -0.3 is 15.5 Å². The average molecular weight is 460 g/mol. The summed E-state index contributed by atoms with van der Waals surface area (Å²) in [4.78, 5) is 41.8. The SMILES string of the molecule is CC(C)N1C(=O)c2ccccc2Sc2cc(NC(=O)[C@H](C)NC(=O)c3ccccc3)ccc21. The Bertz CT molecular complexity index is 1210. The molecule has 168 valence electrons. The second kappa shape index (κ2) is 9.50. The standard InChI is InChI=1S/C26H25N3O3S/c1-16(2)29-21-14-13-19(15-23(21)33-22-12-8-7-11-20(22)26(29)32)28-24(30)17(3)27-25(31)18-9-5-4-6-10-18/h4-17H,1-3H3,(H,27,31)(H,28,30)/t17-/m0/s1. The predicted octanol–water partition coefficient (Wildman–Crippen LogP) is 4.96. The van der Waals surface area contributed by atoms with Gasteiger partial charge in [-0.15, -0.1) is 0 Å². The van der Waals surface area contributed by atoms with Crippen molar-refractivity contribution < 1.29 is 14.4 Å². The fourth-order valence-electron chi connectivity index (χ4n) is 3.66. The van der Waals surface area contributed by atoms with E-state index in [1.807, 2.05) is 56.3 Å². The van der Waals surface area contributed by atoms with Gasteiger partial charge in [-0.25, -0.2) is 0 Å². The lowest BCUT2D eigenvalue weighted by Crippen LogP contribution is -2.41. The summed E-state index contributed by atoms with van der Waals surface area (Å²) in [6.45, 7) is 5.60. The van der Waals surface area contributed by atoms with Gasteiger partial charge in [0.15, 0.2) is 0 Å². The van der Waals surface area contributed by atoms with Crippen molar-refractivity contribution >= 4 is 40.9 Å². The van der Waals surface area contributed by atoms with E-state index in [1.54, 1.807) is 42.2 Å².